The van der Waals surface area contributed by atoms with E-state index in [0.29, 0.717) is 0 Å². The standard InChI is InChI=1S/C20H18FNS/c1-15-7-12-19(23-14-16-5-3-2-4-6-16)13-20(15)22-18-10-8-17(21)9-11-18/h2-13,22H,14H2,1H3. The van der Waals surface area contributed by atoms with Crippen LogP contribution >= 0.6 is 11.8 Å². The third-order valence-corrected chi connectivity index (χ3v) is 4.65. The lowest BCUT2D eigenvalue weighted by Gasteiger charge is -2.12. The van der Waals surface area contributed by atoms with Gasteiger partial charge in [-0.15, -0.1) is 11.8 Å². The Hall–Kier alpha value is -2.26. The van der Waals surface area contributed by atoms with Gasteiger partial charge in [0.15, 0.2) is 0 Å². The summed E-state index contributed by atoms with van der Waals surface area (Å²) in [7, 11) is 0. The largest absolute Gasteiger partial charge is 0.355 e. The monoisotopic (exact) mass is 323 g/mol. The van der Waals surface area contributed by atoms with Crippen molar-refractivity contribution in [2.45, 2.75) is 17.6 Å². The van der Waals surface area contributed by atoms with E-state index in [0.717, 1.165) is 17.1 Å². The summed E-state index contributed by atoms with van der Waals surface area (Å²) in [6.07, 6.45) is 0. The molecule has 0 amide bonds. The fourth-order valence-corrected chi connectivity index (χ4v) is 3.15. The zero-order chi connectivity index (χ0) is 16.1. The summed E-state index contributed by atoms with van der Waals surface area (Å²) in [6.45, 7) is 2.07. The number of nitrogens with one attached hydrogen (secondary N) is 1. The highest BCUT2D eigenvalue weighted by Crippen LogP contribution is 2.29. The average molecular weight is 323 g/mol. The molecule has 3 aromatic carbocycles. The number of rotatable bonds is 5. The van der Waals surface area contributed by atoms with Gasteiger partial charge in [0.25, 0.3) is 0 Å². The molecule has 0 fully saturated rings. The molecule has 0 bridgehead atoms. The van der Waals surface area contributed by atoms with E-state index in [4.69, 9.17) is 0 Å². The van der Waals surface area contributed by atoms with E-state index in [-0.39, 0.29) is 5.82 Å². The van der Waals surface area contributed by atoms with Gasteiger partial charge in [0.05, 0.1) is 0 Å². The maximum atomic E-state index is 13.0. The number of thioether (sulfide) groups is 1. The van der Waals surface area contributed by atoms with Crippen molar-refractivity contribution >= 4 is 23.1 Å². The van der Waals surface area contributed by atoms with Crippen LogP contribution < -0.4 is 5.32 Å². The molecular weight excluding hydrogens is 305 g/mol. The van der Waals surface area contributed by atoms with Crippen LogP contribution in [0.25, 0.3) is 0 Å². The van der Waals surface area contributed by atoms with Crippen molar-refractivity contribution in [3.05, 3.63) is 89.7 Å². The Labute approximate surface area is 140 Å². The number of halogens is 1. The van der Waals surface area contributed by atoms with E-state index in [2.05, 4.69) is 54.7 Å². The summed E-state index contributed by atoms with van der Waals surface area (Å²) in [5.74, 6) is 0.722. The maximum Gasteiger partial charge on any atom is 0.123 e. The highest BCUT2D eigenvalue weighted by Gasteiger charge is 2.03. The van der Waals surface area contributed by atoms with Gasteiger partial charge < -0.3 is 5.32 Å². The van der Waals surface area contributed by atoms with Gasteiger partial charge in [-0.25, -0.2) is 4.39 Å². The normalized spacial score (nSPS) is 10.5. The Bertz CT molecular complexity index is 769. The highest BCUT2D eigenvalue weighted by atomic mass is 32.2. The van der Waals surface area contributed by atoms with Gasteiger partial charge in [0.1, 0.15) is 5.82 Å². The van der Waals surface area contributed by atoms with Gasteiger partial charge in [-0.2, -0.15) is 0 Å². The van der Waals surface area contributed by atoms with Crippen LogP contribution in [0, 0.1) is 12.7 Å². The number of aryl methyl sites for hydroxylation is 1. The Morgan fingerprint density at radius 1 is 0.913 bits per heavy atom. The molecule has 0 aliphatic carbocycles. The van der Waals surface area contributed by atoms with E-state index in [9.17, 15) is 4.39 Å². The molecule has 3 aromatic rings. The molecule has 3 rings (SSSR count). The van der Waals surface area contributed by atoms with Crippen molar-refractivity contribution in [3.63, 3.8) is 0 Å². The smallest absolute Gasteiger partial charge is 0.123 e. The van der Waals surface area contributed by atoms with Crippen molar-refractivity contribution < 1.29 is 4.39 Å². The SMILES string of the molecule is Cc1ccc(SCc2ccccc2)cc1Nc1ccc(F)cc1. The highest BCUT2D eigenvalue weighted by molar-refractivity contribution is 7.98. The topological polar surface area (TPSA) is 12.0 Å². The Morgan fingerprint density at radius 2 is 1.65 bits per heavy atom. The summed E-state index contributed by atoms with van der Waals surface area (Å²) in [6, 6.07) is 23.3. The quantitative estimate of drug-likeness (QED) is 0.563. The molecule has 1 N–H and O–H groups in total. The summed E-state index contributed by atoms with van der Waals surface area (Å²) in [5, 5.41) is 3.36. The lowest BCUT2D eigenvalue weighted by atomic mass is 10.2. The average Bonchev–Trinajstić information content (AvgIpc) is 2.58. The molecule has 0 aliphatic heterocycles. The molecule has 0 saturated carbocycles. The molecule has 0 heterocycles. The first-order chi connectivity index (χ1) is 11.2. The van der Waals surface area contributed by atoms with E-state index >= 15 is 0 Å². The van der Waals surface area contributed by atoms with Crippen LogP contribution in [-0.2, 0) is 5.75 Å². The number of hydrogen-bond acceptors (Lipinski definition) is 2. The van der Waals surface area contributed by atoms with Crippen molar-refractivity contribution in [2.75, 3.05) is 5.32 Å². The second-order valence-electron chi connectivity index (χ2n) is 5.38. The molecule has 116 valence electrons. The van der Waals surface area contributed by atoms with Gasteiger partial charge >= 0.3 is 0 Å². The fraction of sp³-hybridized carbons (Fsp3) is 0.100. The molecule has 0 spiro atoms. The molecule has 0 aliphatic rings. The molecule has 23 heavy (non-hydrogen) atoms. The van der Waals surface area contributed by atoms with Crippen LogP contribution in [-0.4, -0.2) is 0 Å². The molecule has 0 unspecified atom stereocenters. The van der Waals surface area contributed by atoms with Crippen molar-refractivity contribution in [1.29, 1.82) is 0 Å². The van der Waals surface area contributed by atoms with E-state index in [1.165, 1.54) is 28.2 Å². The fourth-order valence-electron chi connectivity index (χ4n) is 2.26. The van der Waals surface area contributed by atoms with Gasteiger partial charge in [0.2, 0.25) is 0 Å². The third-order valence-electron chi connectivity index (χ3n) is 3.58. The van der Waals surface area contributed by atoms with Crippen molar-refractivity contribution in [1.82, 2.24) is 0 Å². The Balaban J connectivity index is 1.72. The van der Waals surface area contributed by atoms with E-state index in [1.54, 1.807) is 12.1 Å². The first kappa shape index (κ1) is 15.6. The van der Waals surface area contributed by atoms with Crippen LogP contribution in [0.4, 0.5) is 15.8 Å². The lowest BCUT2D eigenvalue weighted by molar-refractivity contribution is 0.628. The summed E-state index contributed by atoms with van der Waals surface area (Å²) >= 11 is 1.81. The minimum Gasteiger partial charge on any atom is -0.355 e. The first-order valence-electron chi connectivity index (χ1n) is 7.51. The Kier molecular flexibility index (Phi) is 4.99. The predicted octanol–water partition coefficient (Wildman–Crippen LogP) is 6.17. The first-order valence-corrected chi connectivity index (χ1v) is 8.49. The zero-order valence-electron chi connectivity index (χ0n) is 12.9. The minimum absolute atomic E-state index is 0.223. The maximum absolute atomic E-state index is 13.0. The summed E-state index contributed by atoms with van der Waals surface area (Å²) < 4.78 is 13.0. The zero-order valence-corrected chi connectivity index (χ0v) is 13.7. The lowest BCUT2D eigenvalue weighted by Crippen LogP contribution is -1.93. The van der Waals surface area contributed by atoms with Crippen LogP contribution in [0.1, 0.15) is 11.1 Å². The Morgan fingerprint density at radius 3 is 2.39 bits per heavy atom. The van der Waals surface area contributed by atoms with Gasteiger partial charge in [-0.3, -0.25) is 0 Å². The van der Waals surface area contributed by atoms with Gasteiger partial charge in [-0.1, -0.05) is 36.4 Å². The van der Waals surface area contributed by atoms with Crippen molar-refractivity contribution in [3.8, 4) is 0 Å². The molecule has 0 atom stereocenters. The van der Waals surface area contributed by atoms with Gasteiger partial charge in [-0.05, 0) is 54.4 Å². The van der Waals surface area contributed by atoms with E-state index < -0.39 is 0 Å². The molecule has 0 radical (unpaired) electrons. The number of hydrogen-bond donors (Lipinski definition) is 1. The molecule has 0 aromatic heterocycles. The van der Waals surface area contributed by atoms with Crippen molar-refractivity contribution in [2.24, 2.45) is 0 Å². The van der Waals surface area contributed by atoms with Crippen LogP contribution in [0.2, 0.25) is 0 Å². The molecule has 1 nitrogen and oxygen atoms in total. The second-order valence-corrected chi connectivity index (χ2v) is 6.43. The van der Waals surface area contributed by atoms with Crippen LogP contribution in [0.3, 0.4) is 0 Å². The molecular formula is C20H18FNS. The van der Waals surface area contributed by atoms with Gasteiger partial charge in [0, 0.05) is 22.0 Å². The second kappa shape index (κ2) is 7.34. The molecule has 3 heteroatoms. The summed E-state index contributed by atoms with van der Waals surface area (Å²) in [4.78, 5) is 1.21. The van der Waals surface area contributed by atoms with Crippen LogP contribution in [0.15, 0.2) is 77.7 Å². The number of anilines is 2. The molecule has 0 saturated heterocycles. The van der Waals surface area contributed by atoms with Crippen LogP contribution in [0.5, 0.6) is 0 Å². The predicted molar refractivity (Wildman–Crippen MR) is 96.9 cm³/mol. The van der Waals surface area contributed by atoms with E-state index in [1.807, 2.05) is 17.8 Å². The minimum atomic E-state index is -0.223. The number of benzene rings is 3. The third kappa shape index (κ3) is 4.36. The summed E-state index contributed by atoms with van der Waals surface area (Å²) in [5.41, 5.74) is 4.42.